The van der Waals surface area contributed by atoms with E-state index >= 15 is 0 Å². The maximum atomic E-state index is 12.9. The molecular formula is C22H25NO6. The summed E-state index contributed by atoms with van der Waals surface area (Å²) in [6.45, 7) is 0. The van der Waals surface area contributed by atoms with Crippen LogP contribution >= 0.6 is 0 Å². The fourth-order valence-electron chi connectivity index (χ4n) is 3.80. The zero-order chi connectivity index (χ0) is 21.0. The highest BCUT2D eigenvalue weighted by molar-refractivity contribution is 5.89. The Labute approximate surface area is 170 Å². The number of carbonyl (C=O) groups is 2. The largest absolute Gasteiger partial charge is 0.493 e. The number of nitrogens with zero attached hydrogens (tertiary/aromatic N) is 1. The van der Waals surface area contributed by atoms with Gasteiger partial charge >= 0.3 is 5.97 Å². The maximum absolute atomic E-state index is 12.9. The van der Waals surface area contributed by atoms with Crippen molar-refractivity contribution < 1.29 is 28.5 Å². The van der Waals surface area contributed by atoms with Crippen LogP contribution in [-0.2, 0) is 14.3 Å². The third-order valence-corrected chi connectivity index (χ3v) is 5.12. The minimum Gasteiger partial charge on any atom is -0.493 e. The van der Waals surface area contributed by atoms with Gasteiger partial charge in [-0.15, -0.1) is 0 Å². The van der Waals surface area contributed by atoms with E-state index in [9.17, 15) is 9.59 Å². The van der Waals surface area contributed by atoms with Crippen molar-refractivity contribution in [2.75, 3.05) is 28.4 Å². The van der Waals surface area contributed by atoms with E-state index in [-0.39, 0.29) is 12.3 Å². The molecule has 1 fully saturated rings. The zero-order valence-electron chi connectivity index (χ0n) is 17.0. The molecule has 2 atom stereocenters. The van der Waals surface area contributed by atoms with Gasteiger partial charge in [0.05, 0.1) is 34.5 Å². The van der Waals surface area contributed by atoms with Crippen LogP contribution in [0.3, 0.4) is 0 Å². The number of esters is 1. The second-order valence-corrected chi connectivity index (χ2v) is 6.65. The van der Waals surface area contributed by atoms with Crippen LogP contribution in [0.15, 0.2) is 42.5 Å². The maximum Gasteiger partial charge on any atom is 0.328 e. The Kier molecular flexibility index (Phi) is 6.26. The van der Waals surface area contributed by atoms with Crippen molar-refractivity contribution in [1.29, 1.82) is 0 Å². The second kappa shape index (κ2) is 8.86. The predicted octanol–water partition coefficient (Wildman–Crippen LogP) is 2.97. The van der Waals surface area contributed by atoms with Gasteiger partial charge < -0.3 is 23.8 Å². The van der Waals surface area contributed by atoms with Crippen molar-refractivity contribution in [3.63, 3.8) is 0 Å². The number of likely N-dealkylation sites (tertiary alicyclic amines) is 1. The van der Waals surface area contributed by atoms with Crippen molar-refractivity contribution >= 4 is 11.9 Å². The number of ether oxygens (including phenoxy) is 4. The first-order valence-corrected chi connectivity index (χ1v) is 9.29. The minimum absolute atomic E-state index is 0.108. The lowest BCUT2D eigenvalue weighted by Crippen LogP contribution is -2.42. The molecule has 1 aliphatic heterocycles. The Morgan fingerprint density at radius 3 is 2.10 bits per heavy atom. The Bertz CT molecular complexity index is 857. The van der Waals surface area contributed by atoms with Gasteiger partial charge in [0, 0.05) is 6.42 Å². The second-order valence-electron chi connectivity index (χ2n) is 6.65. The molecule has 0 aliphatic carbocycles. The van der Waals surface area contributed by atoms with E-state index < -0.39 is 18.1 Å². The van der Waals surface area contributed by atoms with Crippen LogP contribution in [0.1, 0.15) is 30.0 Å². The van der Waals surface area contributed by atoms with Crippen molar-refractivity contribution in [1.82, 2.24) is 4.90 Å². The monoisotopic (exact) mass is 399 g/mol. The highest BCUT2D eigenvalue weighted by atomic mass is 16.5. The van der Waals surface area contributed by atoms with Crippen LogP contribution in [0.4, 0.5) is 0 Å². The van der Waals surface area contributed by atoms with Crippen LogP contribution in [0.5, 0.6) is 17.2 Å². The molecule has 2 unspecified atom stereocenters. The van der Waals surface area contributed by atoms with E-state index in [1.54, 1.807) is 17.0 Å². The molecule has 2 aromatic carbocycles. The average Bonchev–Trinajstić information content (AvgIpc) is 3.14. The van der Waals surface area contributed by atoms with E-state index in [1.165, 1.54) is 28.4 Å². The van der Waals surface area contributed by atoms with Gasteiger partial charge in [-0.05, 0) is 29.7 Å². The summed E-state index contributed by atoms with van der Waals surface area (Å²) in [5, 5.41) is 0. The van der Waals surface area contributed by atoms with Crippen LogP contribution in [0, 0.1) is 0 Å². The van der Waals surface area contributed by atoms with Crippen molar-refractivity contribution in [2.24, 2.45) is 0 Å². The molecule has 7 nitrogen and oxygen atoms in total. The highest BCUT2D eigenvalue weighted by Gasteiger charge is 2.42. The first kappa shape index (κ1) is 20.5. The molecule has 0 spiro atoms. The van der Waals surface area contributed by atoms with Crippen LogP contribution in [0.2, 0.25) is 0 Å². The third-order valence-electron chi connectivity index (χ3n) is 5.12. The van der Waals surface area contributed by atoms with E-state index in [1.807, 2.05) is 30.3 Å². The summed E-state index contributed by atoms with van der Waals surface area (Å²) in [6, 6.07) is 12.0. The van der Waals surface area contributed by atoms with Crippen molar-refractivity contribution in [2.45, 2.75) is 24.9 Å². The van der Waals surface area contributed by atoms with Gasteiger partial charge in [-0.3, -0.25) is 4.79 Å². The standard InChI is InChI=1S/C22H25NO6/c1-26-17-12-15(13-18(27-2)21(17)28-3)20(14-8-6-5-7-9-14)23-16(22(25)29-4)10-11-19(23)24/h5-9,12-13,16,20H,10-11H2,1-4H3. The highest BCUT2D eigenvalue weighted by Crippen LogP contribution is 2.44. The molecule has 1 aliphatic rings. The molecule has 0 aromatic heterocycles. The summed E-state index contributed by atoms with van der Waals surface area (Å²) in [4.78, 5) is 26.9. The molecule has 2 aromatic rings. The minimum atomic E-state index is -0.656. The van der Waals surface area contributed by atoms with E-state index in [4.69, 9.17) is 18.9 Å². The van der Waals surface area contributed by atoms with Crippen molar-refractivity contribution in [3.05, 3.63) is 53.6 Å². The molecule has 1 heterocycles. The van der Waals surface area contributed by atoms with Gasteiger partial charge in [-0.25, -0.2) is 4.79 Å². The fraction of sp³-hybridized carbons (Fsp3) is 0.364. The van der Waals surface area contributed by atoms with E-state index in [0.29, 0.717) is 23.7 Å². The summed E-state index contributed by atoms with van der Waals surface area (Å²) < 4.78 is 21.4. The molecule has 0 saturated carbocycles. The lowest BCUT2D eigenvalue weighted by atomic mass is 9.95. The topological polar surface area (TPSA) is 74.3 Å². The van der Waals surface area contributed by atoms with Gasteiger partial charge in [0.1, 0.15) is 6.04 Å². The Morgan fingerprint density at radius 2 is 1.59 bits per heavy atom. The molecule has 0 radical (unpaired) electrons. The molecule has 7 heteroatoms. The summed E-state index contributed by atoms with van der Waals surface area (Å²) in [6.07, 6.45) is 0.701. The smallest absolute Gasteiger partial charge is 0.328 e. The van der Waals surface area contributed by atoms with E-state index in [2.05, 4.69) is 0 Å². The quantitative estimate of drug-likeness (QED) is 0.667. The van der Waals surface area contributed by atoms with Crippen LogP contribution in [0.25, 0.3) is 0 Å². The third kappa shape index (κ3) is 3.85. The number of rotatable bonds is 7. The first-order valence-electron chi connectivity index (χ1n) is 9.29. The molecule has 3 rings (SSSR count). The lowest BCUT2D eigenvalue weighted by molar-refractivity contribution is -0.150. The van der Waals surface area contributed by atoms with Gasteiger partial charge in [0.2, 0.25) is 11.7 Å². The number of amides is 1. The normalized spacial score (nSPS) is 17.0. The fourth-order valence-corrected chi connectivity index (χ4v) is 3.80. The SMILES string of the molecule is COC(=O)C1CCC(=O)N1C(c1ccccc1)c1cc(OC)c(OC)c(OC)c1. The van der Waals surface area contributed by atoms with E-state index in [0.717, 1.165) is 11.1 Å². The zero-order valence-corrected chi connectivity index (χ0v) is 17.0. The van der Waals surface area contributed by atoms with Gasteiger partial charge in [0.15, 0.2) is 11.5 Å². The number of methoxy groups -OCH3 is 4. The van der Waals surface area contributed by atoms with Gasteiger partial charge in [-0.2, -0.15) is 0 Å². The molecule has 154 valence electrons. The lowest BCUT2D eigenvalue weighted by Gasteiger charge is -2.33. The Balaban J connectivity index is 2.20. The molecular weight excluding hydrogens is 374 g/mol. The molecule has 0 bridgehead atoms. The number of carbonyl (C=O) groups excluding carboxylic acids is 2. The summed E-state index contributed by atoms with van der Waals surface area (Å²) >= 11 is 0. The molecule has 1 saturated heterocycles. The summed E-state index contributed by atoms with van der Waals surface area (Å²) in [5.74, 6) is 0.878. The number of benzene rings is 2. The van der Waals surface area contributed by atoms with Crippen molar-refractivity contribution in [3.8, 4) is 17.2 Å². The summed E-state index contributed by atoms with van der Waals surface area (Å²) in [5.41, 5.74) is 1.61. The predicted molar refractivity (Wildman–Crippen MR) is 106 cm³/mol. The van der Waals surface area contributed by atoms with Gasteiger partial charge in [0.25, 0.3) is 0 Å². The molecule has 29 heavy (non-hydrogen) atoms. The van der Waals surface area contributed by atoms with Crippen LogP contribution < -0.4 is 14.2 Å². The van der Waals surface area contributed by atoms with Crippen LogP contribution in [-0.4, -0.2) is 51.3 Å². The number of hydrogen-bond acceptors (Lipinski definition) is 6. The molecule has 0 N–H and O–H groups in total. The molecule has 1 amide bonds. The first-order chi connectivity index (χ1) is 14.0. The average molecular weight is 399 g/mol. The Morgan fingerprint density at radius 1 is 0.966 bits per heavy atom. The summed E-state index contributed by atoms with van der Waals surface area (Å²) in [7, 11) is 5.94. The number of hydrogen-bond donors (Lipinski definition) is 0. The van der Waals surface area contributed by atoms with Gasteiger partial charge in [-0.1, -0.05) is 30.3 Å². The Hall–Kier alpha value is -3.22.